The fraction of sp³-hybridized carbons (Fsp3) is 0.538. The minimum absolute atomic E-state index is 0.0992. The summed E-state index contributed by atoms with van der Waals surface area (Å²) in [6.45, 7) is 8.54. The Kier molecular flexibility index (Phi) is 9.25. The zero-order chi connectivity index (χ0) is 24.8. The van der Waals surface area contributed by atoms with Gasteiger partial charge in [0.1, 0.15) is 11.3 Å². The van der Waals surface area contributed by atoms with Crippen molar-refractivity contribution in [1.29, 1.82) is 0 Å². The van der Waals surface area contributed by atoms with Gasteiger partial charge in [0.05, 0.1) is 17.9 Å². The number of allylic oxidation sites excluding steroid dienone is 6. The number of nitrogens with zero attached hydrogens (tertiary/aromatic N) is 1. The van der Waals surface area contributed by atoms with E-state index in [1.807, 2.05) is 13.0 Å². The maximum atomic E-state index is 12.7. The van der Waals surface area contributed by atoms with Crippen molar-refractivity contribution in [2.75, 3.05) is 0 Å². The van der Waals surface area contributed by atoms with E-state index < -0.39 is 34.4 Å². The third kappa shape index (κ3) is 6.92. The molecule has 7 heteroatoms. The van der Waals surface area contributed by atoms with Crippen molar-refractivity contribution >= 4 is 5.78 Å². The Morgan fingerprint density at radius 3 is 2.45 bits per heavy atom. The molecule has 2 atom stereocenters. The van der Waals surface area contributed by atoms with Crippen LogP contribution in [0, 0.1) is 11.8 Å². The molecule has 2 rings (SSSR count). The van der Waals surface area contributed by atoms with Gasteiger partial charge in [0, 0.05) is 5.56 Å². The fourth-order valence-electron chi connectivity index (χ4n) is 4.31. The lowest BCUT2D eigenvalue weighted by atomic mass is 9.78. The van der Waals surface area contributed by atoms with E-state index in [2.05, 4.69) is 26.8 Å². The fourth-order valence-corrected chi connectivity index (χ4v) is 4.31. The van der Waals surface area contributed by atoms with Crippen LogP contribution >= 0.6 is 0 Å². The molecule has 0 aliphatic heterocycles. The number of hydrogen-bond acceptors (Lipinski definition) is 6. The number of rotatable bonds is 9. The first kappa shape index (κ1) is 26.6. The van der Waals surface area contributed by atoms with Gasteiger partial charge in [-0.15, -0.1) is 0 Å². The Labute approximate surface area is 195 Å². The van der Waals surface area contributed by atoms with E-state index in [1.165, 1.54) is 6.08 Å². The van der Waals surface area contributed by atoms with Gasteiger partial charge in [0.25, 0.3) is 5.56 Å². The number of carbonyl (C=O) groups is 1. The van der Waals surface area contributed by atoms with E-state index in [0.717, 1.165) is 30.7 Å². The summed E-state index contributed by atoms with van der Waals surface area (Å²) >= 11 is 0. The highest BCUT2D eigenvalue weighted by molar-refractivity contribution is 6.06. The van der Waals surface area contributed by atoms with Gasteiger partial charge in [-0.25, -0.2) is 0 Å². The molecule has 1 saturated carbocycles. The van der Waals surface area contributed by atoms with E-state index in [0.29, 0.717) is 24.7 Å². The number of aromatic nitrogens is 1. The lowest BCUT2D eigenvalue weighted by molar-refractivity contribution is -0.0389. The maximum absolute atomic E-state index is 12.7. The standard InChI is InChI=1S/C26H37NO6/c1-5-17(2)14-19(4)15-18(3)8-6-7-9-22(29)23-24(30)21(16-27(33)25(23)31)26(32)12-10-20(28)11-13-26/h6-9,15-17,19-20,28,30,32-33H,5,10-14H2,1-4H3/b8-6+,9-7+,18-15+/t17-,19-,20-,26+/m1/s1. The highest BCUT2D eigenvalue weighted by Crippen LogP contribution is 2.41. The molecule has 0 aromatic carbocycles. The molecule has 33 heavy (non-hydrogen) atoms. The molecule has 0 amide bonds. The number of aliphatic hydroxyl groups is 2. The summed E-state index contributed by atoms with van der Waals surface area (Å²) in [5.74, 6) is -0.332. The molecule has 0 radical (unpaired) electrons. The van der Waals surface area contributed by atoms with Crippen molar-refractivity contribution < 1.29 is 25.3 Å². The molecule has 1 aliphatic rings. The van der Waals surface area contributed by atoms with Crippen molar-refractivity contribution in [3.63, 3.8) is 0 Å². The van der Waals surface area contributed by atoms with Crippen molar-refractivity contribution in [3.8, 4) is 5.75 Å². The predicted molar refractivity (Wildman–Crippen MR) is 128 cm³/mol. The summed E-state index contributed by atoms with van der Waals surface area (Å²) < 4.78 is 0.209. The summed E-state index contributed by atoms with van der Waals surface area (Å²) in [4.78, 5) is 25.0. The largest absolute Gasteiger partial charge is 0.506 e. The average molecular weight is 460 g/mol. The van der Waals surface area contributed by atoms with E-state index in [9.17, 15) is 30.1 Å². The van der Waals surface area contributed by atoms with Crippen LogP contribution in [-0.2, 0) is 5.60 Å². The van der Waals surface area contributed by atoms with Crippen molar-refractivity contribution in [1.82, 2.24) is 4.73 Å². The first-order chi connectivity index (χ1) is 15.5. The lowest BCUT2D eigenvalue weighted by Crippen LogP contribution is -2.36. The number of aromatic hydroxyl groups is 1. The van der Waals surface area contributed by atoms with Crippen LogP contribution in [-0.4, -0.2) is 37.1 Å². The topological polar surface area (TPSA) is 120 Å². The normalized spacial score (nSPS) is 23.8. The van der Waals surface area contributed by atoms with Crippen LogP contribution in [0.5, 0.6) is 5.75 Å². The summed E-state index contributed by atoms with van der Waals surface area (Å²) in [6, 6.07) is 0. The Hall–Kier alpha value is -2.64. The van der Waals surface area contributed by atoms with Crippen molar-refractivity contribution in [2.24, 2.45) is 11.8 Å². The third-order valence-corrected chi connectivity index (χ3v) is 6.43. The molecule has 1 aromatic heterocycles. The Bertz CT molecular complexity index is 979. The molecule has 1 heterocycles. The molecule has 4 N–H and O–H groups in total. The Morgan fingerprint density at radius 2 is 1.85 bits per heavy atom. The van der Waals surface area contributed by atoms with Gasteiger partial charge in [-0.05, 0) is 56.9 Å². The van der Waals surface area contributed by atoms with Crippen LogP contribution in [0.25, 0.3) is 0 Å². The molecule has 0 bridgehead atoms. The first-order valence-corrected chi connectivity index (χ1v) is 11.6. The first-order valence-electron chi connectivity index (χ1n) is 11.6. The number of carbonyl (C=O) groups excluding carboxylic acids is 1. The second-order valence-corrected chi connectivity index (χ2v) is 9.40. The monoisotopic (exact) mass is 459 g/mol. The highest BCUT2D eigenvalue weighted by atomic mass is 16.5. The second-order valence-electron chi connectivity index (χ2n) is 9.40. The SMILES string of the molecule is CC[C@@H](C)C[C@@H](C)/C=C(C)/C=C/C=C/C(=O)c1c(O)c([C@]2(O)CC[C@@H](O)CC2)cn(O)c1=O. The van der Waals surface area contributed by atoms with Gasteiger partial charge in [0.2, 0.25) is 0 Å². The minimum Gasteiger partial charge on any atom is -0.506 e. The predicted octanol–water partition coefficient (Wildman–Crippen LogP) is 4.23. The summed E-state index contributed by atoms with van der Waals surface area (Å²) in [5, 5.41) is 41.3. The Balaban J connectivity index is 2.21. The lowest BCUT2D eigenvalue weighted by Gasteiger charge is -2.35. The molecule has 1 aliphatic carbocycles. The van der Waals surface area contributed by atoms with Crippen LogP contribution in [0.2, 0.25) is 0 Å². The van der Waals surface area contributed by atoms with Crippen LogP contribution < -0.4 is 5.56 Å². The van der Waals surface area contributed by atoms with Crippen LogP contribution in [0.15, 0.2) is 46.9 Å². The molecule has 7 nitrogen and oxygen atoms in total. The zero-order valence-corrected chi connectivity index (χ0v) is 20.0. The van der Waals surface area contributed by atoms with E-state index in [4.69, 9.17) is 0 Å². The molecular weight excluding hydrogens is 422 g/mol. The molecule has 0 spiro atoms. The maximum Gasteiger partial charge on any atom is 0.297 e. The van der Waals surface area contributed by atoms with E-state index in [-0.39, 0.29) is 23.1 Å². The van der Waals surface area contributed by atoms with Crippen molar-refractivity contribution in [2.45, 2.75) is 77.9 Å². The number of ketones is 1. The van der Waals surface area contributed by atoms with Crippen LogP contribution in [0.3, 0.4) is 0 Å². The highest BCUT2D eigenvalue weighted by Gasteiger charge is 2.38. The van der Waals surface area contributed by atoms with Gasteiger partial charge < -0.3 is 20.5 Å². The van der Waals surface area contributed by atoms with E-state index in [1.54, 1.807) is 6.08 Å². The van der Waals surface area contributed by atoms with Gasteiger partial charge >= 0.3 is 0 Å². The zero-order valence-electron chi connectivity index (χ0n) is 20.0. The third-order valence-electron chi connectivity index (χ3n) is 6.43. The quantitative estimate of drug-likeness (QED) is 0.190. The number of hydrogen-bond donors (Lipinski definition) is 4. The molecule has 0 unspecified atom stereocenters. The number of pyridine rings is 1. The van der Waals surface area contributed by atoms with Crippen molar-refractivity contribution in [3.05, 3.63) is 63.6 Å². The average Bonchev–Trinajstić information content (AvgIpc) is 2.75. The summed E-state index contributed by atoms with van der Waals surface area (Å²) in [5.41, 5.74) is -2.27. The molecule has 1 aromatic rings. The molecular formula is C26H37NO6. The number of aliphatic hydroxyl groups excluding tert-OH is 1. The van der Waals surface area contributed by atoms with E-state index >= 15 is 0 Å². The molecule has 0 saturated heterocycles. The molecule has 182 valence electrons. The molecule has 1 fully saturated rings. The van der Waals surface area contributed by atoms with Crippen LogP contribution in [0.4, 0.5) is 0 Å². The van der Waals surface area contributed by atoms with Gasteiger partial charge in [0.15, 0.2) is 5.78 Å². The summed E-state index contributed by atoms with van der Waals surface area (Å²) in [7, 11) is 0. The Morgan fingerprint density at radius 1 is 1.24 bits per heavy atom. The summed E-state index contributed by atoms with van der Waals surface area (Å²) in [6.07, 6.45) is 11.8. The van der Waals surface area contributed by atoms with Gasteiger partial charge in [-0.3, -0.25) is 9.59 Å². The minimum atomic E-state index is -1.55. The second kappa shape index (κ2) is 11.5. The smallest absolute Gasteiger partial charge is 0.297 e. The van der Waals surface area contributed by atoms with Crippen LogP contribution in [0.1, 0.15) is 82.1 Å². The van der Waals surface area contributed by atoms with Gasteiger partial charge in [-0.1, -0.05) is 57.1 Å². The van der Waals surface area contributed by atoms with Gasteiger partial charge in [-0.2, -0.15) is 4.73 Å².